The van der Waals surface area contributed by atoms with E-state index in [0.717, 1.165) is 54.9 Å². The molecule has 1 aromatic carbocycles. The van der Waals surface area contributed by atoms with E-state index >= 15 is 0 Å². The second-order valence-corrected chi connectivity index (χ2v) is 13.4. The van der Waals surface area contributed by atoms with Crippen molar-refractivity contribution in [3.05, 3.63) is 45.6 Å². The number of carbonyl (C=O) groups excluding carboxylic acids is 2. The Morgan fingerprint density at radius 1 is 1.17 bits per heavy atom. The predicted octanol–water partition coefficient (Wildman–Crippen LogP) is 6.30. The first kappa shape index (κ1) is 30.4. The van der Waals surface area contributed by atoms with Gasteiger partial charge in [-0.1, -0.05) is 6.07 Å². The zero-order valence-electron chi connectivity index (χ0n) is 24.7. The van der Waals surface area contributed by atoms with Crippen molar-refractivity contribution in [2.75, 3.05) is 25.0 Å². The summed E-state index contributed by atoms with van der Waals surface area (Å²) in [7, 11) is 0. The minimum atomic E-state index is -2.64. The van der Waals surface area contributed by atoms with Crippen LogP contribution in [0.5, 0.6) is 0 Å². The lowest BCUT2D eigenvalue weighted by atomic mass is 10.1. The molecule has 0 aliphatic carbocycles. The van der Waals surface area contributed by atoms with Crippen LogP contribution in [0.25, 0.3) is 11.0 Å². The van der Waals surface area contributed by atoms with Gasteiger partial charge in [0.25, 0.3) is 12.3 Å². The van der Waals surface area contributed by atoms with Crippen LogP contribution >= 0.6 is 11.3 Å². The first-order valence-corrected chi connectivity index (χ1v) is 15.2. The maximum Gasteiger partial charge on any atom is 0.410 e. The first-order valence-electron chi connectivity index (χ1n) is 14.4. The number of morpholine rings is 1. The number of thiophene rings is 1. The highest BCUT2D eigenvalue weighted by Crippen LogP contribution is 2.30. The van der Waals surface area contributed by atoms with E-state index in [9.17, 15) is 18.4 Å². The lowest BCUT2D eigenvalue weighted by Gasteiger charge is -2.35. The quantitative estimate of drug-likeness (QED) is 0.341. The number of hydrogen-bond acceptors (Lipinski definition) is 7. The third-order valence-electron chi connectivity index (χ3n) is 7.40. The Labute approximate surface area is 248 Å². The Morgan fingerprint density at radius 2 is 1.90 bits per heavy atom. The standard InChI is InChI=1S/C30H39F2N5O4S/c1-18-14-35(15-19(2)40-18)16-20-8-9-23-22(13-20)33-28(34-27(38)25-11-10-24(42-25)26(31)32)37(23)17-21-7-6-12-36(21)29(39)41-30(3,4)5/h8-11,13,18-19,21,26H,6-7,12,14-17H2,1-5H3,(H,33,34,38). The van der Waals surface area contributed by atoms with Crippen LogP contribution in [0.2, 0.25) is 0 Å². The van der Waals surface area contributed by atoms with Crippen molar-refractivity contribution in [2.24, 2.45) is 0 Å². The molecule has 0 radical (unpaired) electrons. The zero-order valence-corrected chi connectivity index (χ0v) is 25.5. The van der Waals surface area contributed by atoms with Crippen LogP contribution in [0.4, 0.5) is 19.5 Å². The van der Waals surface area contributed by atoms with Crippen molar-refractivity contribution >= 4 is 40.3 Å². The van der Waals surface area contributed by atoms with Gasteiger partial charge < -0.3 is 18.9 Å². The van der Waals surface area contributed by atoms with Gasteiger partial charge in [-0.2, -0.15) is 0 Å². The summed E-state index contributed by atoms with van der Waals surface area (Å²) in [6.45, 7) is 13.1. The third-order valence-corrected chi connectivity index (χ3v) is 8.49. The van der Waals surface area contributed by atoms with Crippen molar-refractivity contribution in [3.63, 3.8) is 0 Å². The van der Waals surface area contributed by atoms with Crippen molar-refractivity contribution in [2.45, 2.75) is 90.8 Å². The molecule has 12 heteroatoms. The first-order chi connectivity index (χ1) is 19.9. The van der Waals surface area contributed by atoms with E-state index in [1.807, 2.05) is 37.5 Å². The van der Waals surface area contributed by atoms with E-state index < -0.39 is 17.9 Å². The smallest absolute Gasteiger partial charge is 0.410 e. The Kier molecular flexibility index (Phi) is 8.86. The minimum Gasteiger partial charge on any atom is -0.444 e. The molecule has 228 valence electrons. The van der Waals surface area contributed by atoms with E-state index in [-0.39, 0.29) is 34.1 Å². The van der Waals surface area contributed by atoms with Gasteiger partial charge in [0.15, 0.2) is 0 Å². The number of amides is 2. The van der Waals surface area contributed by atoms with Gasteiger partial charge in [-0.3, -0.25) is 15.0 Å². The van der Waals surface area contributed by atoms with Gasteiger partial charge >= 0.3 is 6.09 Å². The number of carbonyl (C=O) groups is 2. The number of benzene rings is 1. The number of imidazole rings is 1. The van der Waals surface area contributed by atoms with Crippen LogP contribution in [0.3, 0.4) is 0 Å². The van der Waals surface area contributed by atoms with E-state index in [2.05, 4.69) is 30.1 Å². The number of ether oxygens (including phenoxy) is 2. The maximum atomic E-state index is 13.2. The van der Waals surface area contributed by atoms with Gasteiger partial charge in [0, 0.05) is 32.7 Å². The highest BCUT2D eigenvalue weighted by molar-refractivity contribution is 7.14. The van der Waals surface area contributed by atoms with Crippen LogP contribution in [0.1, 0.15) is 74.0 Å². The Balaban J connectivity index is 1.44. The van der Waals surface area contributed by atoms with E-state index in [1.54, 1.807) is 4.90 Å². The number of alkyl halides is 2. The number of halogens is 2. The molecule has 2 fully saturated rings. The lowest BCUT2D eigenvalue weighted by Crippen LogP contribution is -2.44. The molecule has 42 heavy (non-hydrogen) atoms. The average molecular weight is 604 g/mol. The summed E-state index contributed by atoms with van der Waals surface area (Å²) in [5.74, 6) is -0.195. The molecule has 3 atom stereocenters. The molecule has 2 saturated heterocycles. The number of anilines is 1. The fraction of sp³-hybridized carbons (Fsp3) is 0.567. The van der Waals surface area contributed by atoms with Crippen LogP contribution in [0.15, 0.2) is 30.3 Å². The van der Waals surface area contributed by atoms with Gasteiger partial charge in [0.1, 0.15) is 5.60 Å². The topological polar surface area (TPSA) is 88.9 Å². The molecule has 0 spiro atoms. The summed E-state index contributed by atoms with van der Waals surface area (Å²) < 4.78 is 39.8. The van der Waals surface area contributed by atoms with Gasteiger partial charge in [-0.05, 0) is 77.3 Å². The highest BCUT2D eigenvalue weighted by atomic mass is 32.1. The SMILES string of the molecule is CC1CN(Cc2ccc3c(c2)nc(NC(=O)c2ccc(C(F)F)s2)n3CC2CCCN2C(=O)OC(C)(C)C)CC(C)O1. The molecule has 3 aromatic rings. The third kappa shape index (κ3) is 7.09. The summed E-state index contributed by atoms with van der Waals surface area (Å²) in [6, 6.07) is 8.59. The number of nitrogens with one attached hydrogen (secondary N) is 1. The average Bonchev–Trinajstić information content (AvgIpc) is 3.62. The number of aromatic nitrogens is 2. The summed E-state index contributed by atoms with van der Waals surface area (Å²) in [6.07, 6.45) is -1.08. The molecule has 2 aliphatic rings. The van der Waals surface area contributed by atoms with Crippen LogP contribution in [0, 0.1) is 0 Å². The number of rotatable bonds is 7. The van der Waals surface area contributed by atoms with E-state index in [1.165, 1.54) is 12.1 Å². The molecular weight excluding hydrogens is 564 g/mol. The number of likely N-dealkylation sites (tertiary alicyclic amines) is 1. The summed E-state index contributed by atoms with van der Waals surface area (Å²) in [5.41, 5.74) is 1.99. The van der Waals surface area contributed by atoms with Crippen LogP contribution in [-0.2, 0) is 22.6 Å². The van der Waals surface area contributed by atoms with Crippen LogP contribution in [-0.4, -0.2) is 74.8 Å². The Morgan fingerprint density at radius 3 is 2.57 bits per heavy atom. The van der Waals surface area contributed by atoms with Gasteiger partial charge in [-0.15, -0.1) is 11.3 Å². The summed E-state index contributed by atoms with van der Waals surface area (Å²) >= 11 is 0.761. The number of fused-ring (bicyclic) bond motifs is 1. The molecule has 4 heterocycles. The molecule has 9 nitrogen and oxygen atoms in total. The fourth-order valence-corrected chi connectivity index (χ4v) is 6.54. The monoisotopic (exact) mass is 603 g/mol. The van der Waals surface area contributed by atoms with Gasteiger partial charge in [0.05, 0.1) is 39.0 Å². The van der Waals surface area contributed by atoms with Gasteiger partial charge in [-0.25, -0.2) is 18.6 Å². The number of hydrogen-bond donors (Lipinski definition) is 1. The molecule has 0 bridgehead atoms. The van der Waals surface area contributed by atoms with Crippen molar-refractivity contribution in [3.8, 4) is 0 Å². The van der Waals surface area contributed by atoms with Crippen LogP contribution < -0.4 is 5.32 Å². The zero-order chi connectivity index (χ0) is 30.2. The second kappa shape index (κ2) is 12.3. The van der Waals surface area contributed by atoms with Gasteiger partial charge in [0.2, 0.25) is 5.95 Å². The van der Waals surface area contributed by atoms with Crippen molar-refractivity contribution in [1.29, 1.82) is 0 Å². The molecular formula is C30H39F2N5O4S. The molecule has 1 N–H and O–H groups in total. The van der Waals surface area contributed by atoms with E-state index in [0.29, 0.717) is 24.6 Å². The fourth-order valence-electron chi connectivity index (χ4n) is 5.78. The van der Waals surface area contributed by atoms with Crippen molar-refractivity contribution < 1.29 is 27.8 Å². The Hall–Kier alpha value is -3.09. The largest absolute Gasteiger partial charge is 0.444 e. The molecule has 0 saturated carbocycles. The highest BCUT2D eigenvalue weighted by Gasteiger charge is 2.33. The predicted molar refractivity (Wildman–Crippen MR) is 158 cm³/mol. The van der Waals surface area contributed by atoms with Crippen molar-refractivity contribution in [1.82, 2.24) is 19.4 Å². The summed E-state index contributed by atoms with van der Waals surface area (Å²) in [5, 5.41) is 2.85. The summed E-state index contributed by atoms with van der Waals surface area (Å²) in [4.78, 5) is 35.0. The number of nitrogens with zero attached hydrogens (tertiary/aromatic N) is 4. The molecule has 3 unspecified atom stereocenters. The molecule has 2 aromatic heterocycles. The maximum absolute atomic E-state index is 13.2. The molecule has 2 aliphatic heterocycles. The molecule has 5 rings (SSSR count). The minimum absolute atomic E-state index is 0.153. The lowest BCUT2D eigenvalue weighted by molar-refractivity contribution is -0.0704. The Bertz CT molecular complexity index is 1420. The second-order valence-electron chi connectivity index (χ2n) is 12.2. The normalized spacial score (nSPS) is 21.8. The van der Waals surface area contributed by atoms with E-state index in [4.69, 9.17) is 14.5 Å². The molecule has 2 amide bonds.